The van der Waals surface area contributed by atoms with Crippen LogP contribution in [0.15, 0.2) is 0 Å². The molecule has 0 bridgehead atoms. The van der Waals surface area contributed by atoms with Crippen LogP contribution in [-0.2, 0) is 14.4 Å². The highest BCUT2D eigenvalue weighted by Gasteiger charge is 2.33. The molecule has 180 valence electrons. The van der Waals surface area contributed by atoms with Gasteiger partial charge < -0.3 is 46.8 Å². The highest BCUT2D eigenvalue weighted by atomic mass is 127. The Morgan fingerprint density at radius 3 is 1.72 bits per heavy atom. The molecule has 5 unspecified atom stereocenters. The summed E-state index contributed by atoms with van der Waals surface area (Å²) >= 11 is 5.19. The van der Waals surface area contributed by atoms with Gasteiger partial charge in [0.1, 0.15) is 12.2 Å². The number of hydrogen-bond acceptors (Lipinski definition) is 11. The summed E-state index contributed by atoms with van der Waals surface area (Å²) in [6.45, 7) is -1.83. The maximum Gasteiger partial charge on any atom is 0.260 e. The van der Waals surface area contributed by atoms with Crippen molar-refractivity contribution in [2.45, 2.75) is 30.5 Å². The Labute approximate surface area is 221 Å². The third kappa shape index (κ3) is 6.79. The van der Waals surface area contributed by atoms with E-state index in [0.29, 0.717) is 0 Å². The van der Waals surface area contributed by atoms with Gasteiger partial charge in [0.15, 0.2) is 18.3 Å². The Morgan fingerprint density at radius 2 is 1.25 bits per heavy atom. The summed E-state index contributed by atoms with van der Waals surface area (Å²) < 4.78 is 0.594. The number of anilines is 2. The molecule has 0 fully saturated rings. The van der Waals surface area contributed by atoms with Crippen LogP contribution in [0.3, 0.4) is 0 Å². The van der Waals surface area contributed by atoms with E-state index in [2.05, 4.69) is 5.32 Å². The number of carbonyl (C=O) groups is 3. The highest BCUT2D eigenvalue weighted by molar-refractivity contribution is 14.1. The third-order valence-corrected chi connectivity index (χ3v) is 7.44. The van der Waals surface area contributed by atoms with E-state index in [4.69, 9.17) is 15.9 Å². The number of aliphatic hydroxyl groups excluding tert-OH is 7. The molecule has 0 spiro atoms. The van der Waals surface area contributed by atoms with Crippen LogP contribution in [0, 0.1) is 10.7 Å². The molecule has 11 N–H and O–H groups in total. The van der Waals surface area contributed by atoms with Crippen molar-refractivity contribution in [2.24, 2.45) is 0 Å². The van der Waals surface area contributed by atoms with E-state index in [9.17, 15) is 39.9 Å². The van der Waals surface area contributed by atoms with Crippen LogP contribution in [0.4, 0.5) is 11.4 Å². The summed E-state index contributed by atoms with van der Waals surface area (Å²) in [5.74, 6) is -3.75. The van der Waals surface area contributed by atoms with Crippen LogP contribution in [0.5, 0.6) is 0 Å². The summed E-state index contributed by atoms with van der Waals surface area (Å²) in [5, 5.41) is 70.2. The molecule has 0 heterocycles. The molecular formula is C16H20I3N3O10. The molecular weight excluding hydrogens is 775 g/mol. The lowest BCUT2D eigenvalue weighted by molar-refractivity contribution is -0.144. The molecule has 0 aliphatic heterocycles. The Morgan fingerprint density at radius 1 is 0.781 bits per heavy atom. The molecule has 13 nitrogen and oxygen atoms in total. The predicted molar refractivity (Wildman–Crippen MR) is 134 cm³/mol. The van der Waals surface area contributed by atoms with Crippen molar-refractivity contribution >= 4 is 96.9 Å². The van der Waals surface area contributed by atoms with E-state index in [1.165, 1.54) is 0 Å². The Kier molecular flexibility index (Phi) is 11.9. The normalized spacial score (nSPS) is 15.9. The van der Waals surface area contributed by atoms with Gasteiger partial charge in [-0.25, -0.2) is 0 Å². The fourth-order valence-corrected chi connectivity index (χ4v) is 6.22. The molecule has 3 amide bonds. The Bertz CT molecular complexity index is 888. The van der Waals surface area contributed by atoms with E-state index in [1.54, 1.807) is 73.1 Å². The van der Waals surface area contributed by atoms with Gasteiger partial charge in [-0.05, 0) is 67.8 Å². The van der Waals surface area contributed by atoms with E-state index >= 15 is 0 Å². The molecule has 32 heavy (non-hydrogen) atoms. The SMILES string of the molecule is Nc1c(I)c(NC(=O)C(O)C(O)CO)c(I)c(C(O)C(=O)NC(=O)C(O)C(O)CO)c1I. The molecule has 0 saturated carbocycles. The van der Waals surface area contributed by atoms with Gasteiger partial charge in [-0.15, -0.1) is 0 Å². The molecule has 0 aliphatic rings. The first kappa shape index (κ1) is 29.6. The fraction of sp³-hybridized carbons (Fsp3) is 0.438. The van der Waals surface area contributed by atoms with Crippen LogP contribution in [0.25, 0.3) is 0 Å². The van der Waals surface area contributed by atoms with Gasteiger partial charge in [-0.1, -0.05) is 0 Å². The summed E-state index contributed by atoms with van der Waals surface area (Å²) in [6.07, 6.45) is -9.74. The minimum absolute atomic E-state index is 0.0118. The number of aliphatic hydroxyl groups is 7. The smallest absolute Gasteiger partial charge is 0.260 e. The van der Waals surface area contributed by atoms with Crippen LogP contribution in [-0.4, -0.2) is 91.1 Å². The highest BCUT2D eigenvalue weighted by Crippen LogP contribution is 2.40. The summed E-state index contributed by atoms with van der Waals surface area (Å²) in [4.78, 5) is 36.4. The standard InChI is InChI=1S/C16H20I3N3O10/c17-6-5(13(29)16(32)22-15(31)12(28)4(26)2-24)7(18)10(8(19)9(6)20)21-14(30)11(27)3(25)1-23/h3-4,11-13,23-29H,1-2,20H2,(H,21,30)(H,22,31,32). The molecule has 1 aromatic carbocycles. The molecule has 0 saturated heterocycles. The molecule has 5 atom stereocenters. The zero-order valence-corrected chi connectivity index (χ0v) is 22.3. The number of amides is 3. The molecule has 0 aliphatic carbocycles. The van der Waals surface area contributed by atoms with Crippen LogP contribution < -0.4 is 16.4 Å². The van der Waals surface area contributed by atoms with Crippen molar-refractivity contribution in [3.8, 4) is 0 Å². The van der Waals surface area contributed by atoms with Crippen molar-refractivity contribution in [3.63, 3.8) is 0 Å². The van der Waals surface area contributed by atoms with Gasteiger partial charge in [0.2, 0.25) is 0 Å². The molecule has 0 aromatic heterocycles. The fourth-order valence-electron chi connectivity index (χ4n) is 2.19. The largest absolute Gasteiger partial charge is 0.397 e. The quantitative estimate of drug-likeness (QED) is 0.0900. The maximum atomic E-state index is 12.4. The number of imide groups is 1. The average Bonchev–Trinajstić information content (AvgIpc) is 2.77. The van der Waals surface area contributed by atoms with Crippen molar-refractivity contribution in [2.75, 3.05) is 24.3 Å². The first-order valence-electron chi connectivity index (χ1n) is 8.53. The predicted octanol–water partition coefficient (Wildman–Crippen LogP) is -2.87. The second-order valence-electron chi connectivity index (χ2n) is 6.28. The van der Waals surface area contributed by atoms with Gasteiger partial charge in [0, 0.05) is 12.7 Å². The molecule has 16 heteroatoms. The van der Waals surface area contributed by atoms with Gasteiger partial charge in [0.25, 0.3) is 17.7 Å². The van der Waals surface area contributed by atoms with Gasteiger partial charge in [-0.2, -0.15) is 0 Å². The number of halogens is 3. The lowest BCUT2D eigenvalue weighted by atomic mass is 10.1. The summed E-state index contributed by atoms with van der Waals surface area (Å²) in [6, 6.07) is 0. The topological polar surface area (TPSA) is 243 Å². The van der Waals surface area contributed by atoms with Crippen LogP contribution in [0.1, 0.15) is 11.7 Å². The molecule has 1 aromatic rings. The minimum Gasteiger partial charge on any atom is -0.397 e. The first-order chi connectivity index (χ1) is 14.8. The number of carbonyl (C=O) groups excluding carboxylic acids is 3. The van der Waals surface area contributed by atoms with Crippen LogP contribution >= 0.6 is 67.8 Å². The van der Waals surface area contributed by atoms with E-state index in [1.807, 2.05) is 0 Å². The lowest BCUT2D eigenvalue weighted by Crippen LogP contribution is -2.47. The molecule has 0 radical (unpaired) electrons. The van der Waals surface area contributed by atoms with Crippen molar-refractivity contribution < 1.29 is 50.1 Å². The zero-order chi connectivity index (χ0) is 24.9. The summed E-state index contributed by atoms with van der Waals surface area (Å²) in [5.41, 5.74) is 5.92. The van der Waals surface area contributed by atoms with Gasteiger partial charge in [0.05, 0.1) is 28.2 Å². The van der Waals surface area contributed by atoms with Crippen molar-refractivity contribution in [3.05, 3.63) is 16.3 Å². The maximum absolute atomic E-state index is 12.4. The number of nitrogens with one attached hydrogen (secondary N) is 2. The number of hydrogen-bond donors (Lipinski definition) is 10. The van der Waals surface area contributed by atoms with E-state index < -0.39 is 61.5 Å². The van der Waals surface area contributed by atoms with Crippen molar-refractivity contribution in [1.29, 1.82) is 0 Å². The number of nitrogens with two attached hydrogens (primary N) is 1. The monoisotopic (exact) mass is 795 g/mol. The van der Waals surface area contributed by atoms with Gasteiger partial charge in [-0.3, -0.25) is 19.7 Å². The van der Waals surface area contributed by atoms with E-state index in [0.717, 1.165) is 0 Å². The molecule has 1 rings (SSSR count). The van der Waals surface area contributed by atoms with E-state index in [-0.39, 0.29) is 27.6 Å². The minimum atomic E-state index is -2.13. The average molecular weight is 795 g/mol. The third-order valence-electron chi connectivity index (χ3n) is 4.04. The zero-order valence-electron chi connectivity index (χ0n) is 15.9. The Balaban J connectivity index is 3.30. The lowest BCUT2D eigenvalue weighted by Gasteiger charge is -2.22. The second kappa shape index (κ2) is 12.9. The van der Waals surface area contributed by atoms with Crippen molar-refractivity contribution in [1.82, 2.24) is 5.32 Å². The van der Waals surface area contributed by atoms with Crippen LogP contribution in [0.2, 0.25) is 0 Å². The first-order valence-corrected chi connectivity index (χ1v) is 11.8. The number of rotatable bonds is 9. The number of nitrogen functional groups attached to an aromatic ring is 1. The Hall–Kier alpha value is -0.460. The summed E-state index contributed by atoms with van der Waals surface area (Å²) in [7, 11) is 0. The van der Waals surface area contributed by atoms with Gasteiger partial charge >= 0.3 is 0 Å². The second-order valence-corrected chi connectivity index (χ2v) is 9.52. The number of benzene rings is 1.